The second-order valence-electron chi connectivity index (χ2n) is 3.44. The van der Waals surface area contributed by atoms with E-state index in [0.717, 1.165) is 0 Å². The topological polar surface area (TPSA) is 35.5 Å². The molecule has 0 aromatic heterocycles. The Hall–Kier alpha value is -0.900. The number of hydrogen-bond acceptors (Lipinski definition) is 3. The molecule has 6 heteroatoms. The van der Waals surface area contributed by atoms with Gasteiger partial charge in [0.15, 0.2) is 0 Å². The van der Waals surface area contributed by atoms with Gasteiger partial charge in [-0.05, 0) is 19.1 Å². The summed E-state index contributed by atoms with van der Waals surface area (Å²) in [6.07, 6.45) is 0. The van der Waals surface area contributed by atoms with Crippen LogP contribution in [0.1, 0.15) is 6.92 Å². The molecule has 0 fully saturated rings. The Bertz CT molecular complexity index is 472. The van der Waals surface area contributed by atoms with Crippen LogP contribution in [0.4, 0.5) is 0 Å². The molecule has 0 aliphatic heterocycles. The molecule has 1 aromatic rings. The highest BCUT2D eigenvalue weighted by Crippen LogP contribution is 2.36. The Morgan fingerprint density at radius 1 is 1.22 bits per heavy atom. The second kappa shape index (κ2) is 6.88. The van der Waals surface area contributed by atoms with Crippen LogP contribution in [-0.4, -0.2) is 19.2 Å². The molecule has 0 unspecified atom stereocenters. The normalized spacial score (nSPS) is 10.0. The van der Waals surface area contributed by atoms with Gasteiger partial charge in [0.05, 0.1) is 10.0 Å². The Kier molecular flexibility index (Phi) is 5.79. The largest absolute Gasteiger partial charge is 0.488 e. The first-order valence-electron chi connectivity index (χ1n) is 5.02. The predicted molar refractivity (Wildman–Crippen MR) is 72.7 cm³/mol. The maximum Gasteiger partial charge on any atom is 0.333 e. The van der Waals surface area contributed by atoms with Crippen molar-refractivity contribution in [3.05, 3.63) is 39.4 Å². The molecule has 0 atom stereocenters. The first-order valence-corrected chi connectivity index (χ1v) is 6.15. The highest BCUT2D eigenvalue weighted by Gasteiger charge is 2.10. The fourth-order valence-electron chi connectivity index (χ4n) is 1.03. The first kappa shape index (κ1) is 15.2. The lowest BCUT2D eigenvalue weighted by molar-refractivity contribution is -0.139. The van der Waals surface area contributed by atoms with Crippen LogP contribution in [0.3, 0.4) is 0 Å². The lowest BCUT2D eigenvalue weighted by atomic mass is 10.3. The van der Waals surface area contributed by atoms with Crippen molar-refractivity contribution >= 4 is 40.8 Å². The van der Waals surface area contributed by atoms with Crippen molar-refractivity contribution in [3.63, 3.8) is 0 Å². The summed E-state index contributed by atoms with van der Waals surface area (Å²) in [5.74, 6) is -0.0729. The van der Waals surface area contributed by atoms with E-state index in [2.05, 4.69) is 6.58 Å². The molecule has 0 saturated carbocycles. The number of esters is 1. The molecule has 0 bridgehead atoms. The molecule has 0 aliphatic rings. The van der Waals surface area contributed by atoms with Gasteiger partial charge in [0, 0.05) is 5.57 Å². The minimum Gasteiger partial charge on any atom is -0.488 e. The minimum absolute atomic E-state index is 0.0995. The third kappa shape index (κ3) is 4.09. The summed E-state index contributed by atoms with van der Waals surface area (Å²) >= 11 is 17.5. The van der Waals surface area contributed by atoms with E-state index in [1.807, 2.05) is 0 Å². The quantitative estimate of drug-likeness (QED) is 0.355. The number of hydrogen-bond donors (Lipinski definition) is 0. The molecular formula is C12H11Cl3O3. The van der Waals surface area contributed by atoms with Crippen LogP contribution in [0.2, 0.25) is 15.1 Å². The number of benzene rings is 1. The van der Waals surface area contributed by atoms with Crippen molar-refractivity contribution in [2.75, 3.05) is 13.2 Å². The zero-order valence-corrected chi connectivity index (χ0v) is 11.9. The molecular weight excluding hydrogens is 298 g/mol. The van der Waals surface area contributed by atoms with Gasteiger partial charge in [0.1, 0.15) is 24.0 Å². The maximum absolute atomic E-state index is 11.1. The van der Waals surface area contributed by atoms with Gasteiger partial charge in [-0.1, -0.05) is 41.4 Å². The van der Waals surface area contributed by atoms with Crippen LogP contribution in [0.25, 0.3) is 0 Å². The summed E-state index contributed by atoms with van der Waals surface area (Å²) in [5.41, 5.74) is 0.336. The molecule has 1 rings (SSSR count). The summed E-state index contributed by atoms with van der Waals surface area (Å²) in [6, 6.07) is 3.17. The molecule has 98 valence electrons. The number of carbonyl (C=O) groups is 1. The van der Waals surface area contributed by atoms with Crippen LogP contribution < -0.4 is 4.74 Å². The molecule has 0 amide bonds. The Morgan fingerprint density at radius 2 is 1.89 bits per heavy atom. The Labute approximate surface area is 120 Å². The predicted octanol–water partition coefficient (Wildman–Crippen LogP) is 4.14. The molecule has 0 aliphatic carbocycles. The molecule has 1 aromatic carbocycles. The van der Waals surface area contributed by atoms with Crippen LogP contribution in [-0.2, 0) is 9.53 Å². The summed E-state index contributed by atoms with van der Waals surface area (Å²) in [7, 11) is 0. The van der Waals surface area contributed by atoms with Gasteiger partial charge in [-0.3, -0.25) is 0 Å². The third-order valence-electron chi connectivity index (χ3n) is 1.92. The molecule has 0 saturated heterocycles. The smallest absolute Gasteiger partial charge is 0.333 e. The van der Waals surface area contributed by atoms with Gasteiger partial charge in [0.25, 0.3) is 0 Å². The van der Waals surface area contributed by atoms with Gasteiger partial charge >= 0.3 is 5.97 Å². The third-order valence-corrected chi connectivity index (χ3v) is 3.20. The van der Waals surface area contributed by atoms with Crippen LogP contribution in [0.15, 0.2) is 24.3 Å². The van der Waals surface area contributed by atoms with Gasteiger partial charge in [-0.25, -0.2) is 4.79 Å². The molecule has 18 heavy (non-hydrogen) atoms. The lowest BCUT2D eigenvalue weighted by Crippen LogP contribution is -2.12. The zero-order valence-electron chi connectivity index (χ0n) is 9.63. The summed E-state index contributed by atoms with van der Waals surface area (Å²) in [5, 5.41) is 0.813. The monoisotopic (exact) mass is 308 g/mol. The molecule has 0 heterocycles. The summed E-state index contributed by atoms with van der Waals surface area (Å²) in [6.45, 7) is 5.29. The van der Waals surface area contributed by atoms with Crippen molar-refractivity contribution in [2.45, 2.75) is 6.92 Å². The van der Waals surface area contributed by atoms with E-state index < -0.39 is 5.97 Å². The SMILES string of the molecule is C=C(C)C(=O)OCCOc1ccc(Cl)c(Cl)c1Cl. The highest BCUT2D eigenvalue weighted by atomic mass is 35.5. The van der Waals surface area contributed by atoms with Crippen LogP contribution in [0.5, 0.6) is 5.75 Å². The van der Waals surface area contributed by atoms with E-state index in [1.165, 1.54) is 0 Å². The van der Waals surface area contributed by atoms with E-state index in [1.54, 1.807) is 19.1 Å². The zero-order chi connectivity index (χ0) is 13.7. The number of rotatable bonds is 5. The molecule has 0 radical (unpaired) electrons. The van der Waals surface area contributed by atoms with E-state index in [-0.39, 0.29) is 23.3 Å². The minimum atomic E-state index is -0.459. The van der Waals surface area contributed by atoms with Gasteiger partial charge in [-0.2, -0.15) is 0 Å². The number of ether oxygens (including phenoxy) is 2. The highest BCUT2D eigenvalue weighted by molar-refractivity contribution is 6.48. The molecule has 0 N–H and O–H groups in total. The van der Waals surface area contributed by atoms with Crippen molar-refractivity contribution in [3.8, 4) is 5.75 Å². The van der Waals surface area contributed by atoms with E-state index >= 15 is 0 Å². The summed E-state index contributed by atoms with van der Waals surface area (Å²) in [4.78, 5) is 11.1. The second-order valence-corrected chi connectivity index (χ2v) is 4.60. The van der Waals surface area contributed by atoms with Gasteiger partial charge < -0.3 is 9.47 Å². The van der Waals surface area contributed by atoms with E-state index in [4.69, 9.17) is 44.3 Å². The van der Waals surface area contributed by atoms with Gasteiger partial charge in [-0.15, -0.1) is 0 Å². The molecule has 0 spiro atoms. The lowest BCUT2D eigenvalue weighted by Gasteiger charge is -2.10. The molecule has 3 nitrogen and oxygen atoms in total. The Balaban J connectivity index is 2.48. The van der Waals surface area contributed by atoms with Crippen LogP contribution in [0, 0.1) is 0 Å². The fraction of sp³-hybridized carbons (Fsp3) is 0.250. The van der Waals surface area contributed by atoms with Crippen LogP contribution >= 0.6 is 34.8 Å². The Morgan fingerprint density at radius 3 is 2.50 bits per heavy atom. The summed E-state index contributed by atoms with van der Waals surface area (Å²) < 4.78 is 10.2. The first-order chi connectivity index (χ1) is 8.43. The number of halogens is 3. The maximum atomic E-state index is 11.1. The van der Waals surface area contributed by atoms with Gasteiger partial charge in [0.2, 0.25) is 0 Å². The standard InChI is InChI=1S/C12H11Cl3O3/c1-7(2)12(16)18-6-5-17-9-4-3-8(13)10(14)11(9)15/h3-4H,1,5-6H2,2H3. The van der Waals surface area contributed by atoms with Crippen molar-refractivity contribution in [1.82, 2.24) is 0 Å². The van der Waals surface area contributed by atoms with E-state index in [9.17, 15) is 4.79 Å². The average Bonchev–Trinajstić information content (AvgIpc) is 2.33. The average molecular weight is 310 g/mol. The van der Waals surface area contributed by atoms with Crippen molar-refractivity contribution < 1.29 is 14.3 Å². The van der Waals surface area contributed by atoms with Crippen molar-refractivity contribution in [1.29, 1.82) is 0 Å². The number of carbonyl (C=O) groups excluding carboxylic acids is 1. The fourth-order valence-corrected chi connectivity index (χ4v) is 1.61. The van der Waals surface area contributed by atoms with Crippen molar-refractivity contribution in [2.24, 2.45) is 0 Å². The van der Waals surface area contributed by atoms with E-state index in [0.29, 0.717) is 16.3 Å².